The molecule has 4 nitrogen and oxygen atoms in total. The van der Waals surface area contributed by atoms with E-state index in [0.717, 1.165) is 24.3 Å². The molecule has 0 aliphatic carbocycles. The SMILES string of the molecule is CCN(CC)c1ccc(NS(=O)(=O)/C=C/c2ccccc2)cc1. The molecule has 0 fully saturated rings. The highest BCUT2D eigenvalue weighted by atomic mass is 32.2. The van der Waals surface area contributed by atoms with Crippen LogP contribution in [0.15, 0.2) is 60.0 Å². The second-order valence-electron chi connectivity index (χ2n) is 5.08. The van der Waals surface area contributed by atoms with Crippen molar-refractivity contribution in [3.8, 4) is 0 Å². The normalized spacial score (nSPS) is 11.6. The maximum Gasteiger partial charge on any atom is 0.255 e. The lowest BCUT2D eigenvalue weighted by Crippen LogP contribution is -2.21. The van der Waals surface area contributed by atoms with Gasteiger partial charge in [0.1, 0.15) is 0 Å². The molecule has 2 aromatic rings. The van der Waals surface area contributed by atoms with Crippen LogP contribution in [0.25, 0.3) is 6.08 Å². The van der Waals surface area contributed by atoms with Gasteiger partial charge < -0.3 is 4.90 Å². The molecule has 0 aliphatic heterocycles. The van der Waals surface area contributed by atoms with Crippen LogP contribution in [0, 0.1) is 0 Å². The molecule has 0 saturated carbocycles. The molecule has 0 spiro atoms. The van der Waals surface area contributed by atoms with Crippen LogP contribution in [0.2, 0.25) is 0 Å². The van der Waals surface area contributed by atoms with Gasteiger partial charge in [0.15, 0.2) is 0 Å². The summed E-state index contributed by atoms with van der Waals surface area (Å²) in [7, 11) is -3.52. The lowest BCUT2D eigenvalue weighted by Gasteiger charge is -2.21. The van der Waals surface area contributed by atoms with Crippen LogP contribution < -0.4 is 9.62 Å². The first kappa shape index (κ1) is 17.1. The number of anilines is 2. The fraction of sp³-hybridized carbons (Fsp3) is 0.222. The van der Waals surface area contributed by atoms with Crippen LogP contribution >= 0.6 is 0 Å². The zero-order chi connectivity index (χ0) is 16.7. The number of hydrogen-bond acceptors (Lipinski definition) is 3. The summed E-state index contributed by atoms with van der Waals surface area (Å²) in [6.07, 6.45) is 1.58. The zero-order valence-electron chi connectivity index (χ0n) is 13.4. The summed E-state index contributed by atoms with van der Waals surface area (Å²) in [4.78, 5) is 2.20. The highest BCUT2D eigenvalue weighted by molar-refractivity contribution is 7.95. The fourth-order valence-electron chi connectivity index (χ4n) is 2.26. The van der Waals surface area contributed by atoms with Crippen LogP contribution in [0.3, 0.4) is 0 Å². The highest BCUT2D eigenvalue weighted by Gasteiger charge is 2.07. The molecule has 0 heterocycles. The molecule has 1 N–H and O–H groups in total. The highest BCUT2D eigenvalue weighted by Crippen LogP contribution is 2.19. The predicted octanol–water partition coefficient (Wildman–Crippen LogP) is 3.95. The number of nitrogens with one attached hydrogen (secondary N) is 1. The molecule has 0 unspecified atom stereocenters. The van der Waals surface area contributed by atoms with Crippen LogP contribution in [-0.2, 0) is 10.0 Å². The largest absolute Gasteiger partial charge is 0.372 e. The van der Waals surface area contributed by atoms with Gasteiger partial charge in [0.2, 0.25) is 0 Å². The monoisotopic (exact) mass is 330 g/mol. The van der Waals surface area contributed by atoms with Crippen molar-refractivity contribution in [3.63, 3.8) is 0 Å². The molecule has 0 radical (unpaired) electrons. The molecule has 0 saturated heterocycles. The van der Waals surface area contributed by atoms with E-state index in [-0.39, 0.29) is 0 Å². The van der Waals surface area contributed by atoms with E-state index in [1.54, 1.807) is 18.2 Å². The molecular formula is C18H22N2O2S. The maximum atomic E-state index is 12.1. The number of sulfonamides is 1. The molecule has 0 bridgehead atoms. The Balaban J connectivity index is 2.07. The smallest absolute Gasteiger partial charge is 0.255 e. The van der Waals surface area contributed by atoms with E-state index >= 15 is 0 Å². The molecule has 2 rings (SSSR count). The first-order valence-corrected chi connectivity index (χ1v) is 9.19. The summed E-state index contributed by atoms with van der Waals surface area (Å²) in [5.74, 6) is 0. The van der Waals surface area contributed by atoms with E-state index < -0.39 is 10.0 Å². The minimum Gasteiger partial charge on any atom is -0.372 e. The van der Waals surface area contributed by atoms with Crippen molar-refractivity contribution in [1.82, 2.24) is 0 Å². The van der Waals surface area contributed by atoms with Crippen molar-refractivity contribution in [2.75, 3.05) is 22.7 Å². The minimum absolute atomic E-state index is 0.554. The van der Waals surface area contributed by atoms with E-state index in [0.29, 0.717) is 5.69 Å². The lowest BCUT2D eigenvalue weighted by molar-refractivity contribution is 0.609. The summed E-state index contributed by atoms with van der Waals surface area (Å²) in [5, 5.41) is 1.18. The van der Waals surface area contributed by atoms with Crippen LogP contribution in [0.5, 0.6) is 0 Å². The Labute approximate surface area is 138 Å². The van der Waals surface area contributed by atoms with Gasteiger partial charge in [-0.05, 0) is 49.8 Å². The third kappa shape index (κ3) is 5.14. The lowest BCUT2D eigenvalue weighted by atomic mass is 10.2. The summed E-state index contributed by atoms with van der Waals surface area (Å²) >= 11 is 0. The Hall–Kier alpha value is -2.27. The minimum atomic E-state index is -3.52. The Morgan fingerprint density at radius 2 is 1.57 bits per heavy atom. The topological polar surface area (TPSA) is 49.4 Å². The van der Waals surface area contributed by atoms with Gasteiger partial charge in [0, 0.05) is 24.5 Å². The Bertz CT molecular complexity index is 734. The third-order valence-corrected chi connectivity index (χ3v) is 4.51. The van der Waals surface area contributed by atoms with Crippen molar-refractivity contribution in [3.05, 3.63) is 65.6 Å². The first-order valence-electron chi connectivity index (χ1n) is 7.65. The predicted molar refractivity (Wildman–Crippen MR) is 98.0 cm³/mol. The van der Waals surface area contributed by atoms with E-state index in [1.165, 1.54) is 5.41 Å². The van der Waals surface area contributed by atoms with Crippen molar-refractivity contribution < 1.29 is 8.42 Å². The van der Waals surface area contributed by atoms with Crippen molar-refractivity contribution in [1.29, 1.82) is 0 Å². The average Bonchev–Trinajstić information content (AvgIpc) is 2.56. The molecular weight excluding hydrogens is 308 g/mol. The average molecular weight is 330 g/mol. The van der Waals surface area contributed by atoms with E-state index in [1.807, 2.05) is 42.5 Å². The molecule has 23 heavy (non-hydrogen) atoms. The van der Waals surface area contributed by atoms with E-state index in [2.05, 4.69) is 23.5 Å². The summed E-state index contributed by atoms with van der Waals surface area (Å²) < 4.78 is 26.7. The van der Waals surface area contributed by atoms with Gasteiger partial charge in [-0.15, -0.1) is 0 Å². The summed E-state index contributed by atoms with van der Waals surface area (Å²) in [6, 6.07) is 16.7. The summed E-state index contributed by atoms with van der Waals surface area (Å²) in [6.45, 7) is 6.02. The second kappa shape index (κ2) is 7.83. The van der Waals surface area contributed by atoms with Crippen LogP contribution in [0.1, 0.15) is 19.4 Å². The maximum absolute atomic E-state index is 12.1. The molecule has 0 aliphatic rings. The van der Waals surface area contributed by atoms with Gasteiger partial charge in [-0.3, -0.25) is 4.72 Å². The number of hydrogen-bond donors (Lipinski definition) is 1. The van der Waals surface area contributed by atoms with Crippen molar-refractivity contribution >= 4 is 27.5 Å². The van der Waals surface area contributed by atoms with Gasteiger partial charge in [-0.25, -0.2) is 8.42 Å². The van der Waals surface area contributed by atoms with E-state index in [4.69, 9.17) is 0 Å². The number of rotatable bonds is 7. The number of benzene rings is 2. The van der Waals surface area contributed by atoms with E-state index in [9.17, 15) is 8.42 Å². The van der Waals surface area contributed by atoms with Gasteiger partial charge >= 0.3 is 0 Å². The molecule has 0 atom stereocenters. The van der Waals surface area contributed by atoms with Gasteiger partial charge in [-0.1, -0.05) is 30.3 Å². The standard InChI is InChI=1S/C18H22N2O2S/c1-3-20(4-2)18-12-10-17(11-13-18)19-23(21,22)15-14-16-8-6-5-7-9-16/h5-15,19H,3-4H2,1-2H3/b15-14+. The Morgan fingerprint density at radius 1 is 0.957 bits per heavy atom. The van der Waals surface area contributed by atoms with Crippen molar-refractivity contribution in [2.24, 2.45) is 0 Å². The molecule has 0 amide bonds. The van der Waals surface area contributed by atoms with Gasteiger partial charge in [0.05, 0.1) is 5.41 Å². The number of nitrogens with zero attached hydrogens (tertiary/aromatic N) is 1. The zero-order valence-corrected chi connectivity index (χ0v) is 14.3. The van der Waals surface area contributed by atoms with Gasteiger partial charge in [0.25, 0.3) is 10.0 Å². The first-order chi connectivity index (χ1) is 11.0. The quantitative estimate of drug-likeness (QED) is 0.836. The Kier molecular flexibility index (Phi) is 5.82. The van der Waals surface area contributed by atoms with Crippen molar-refractivity contribution in [2.45, 2.75) is 13.8 Å². The molecule has 5 heteroatoms. The molecule has 2 aromatic carbocycles. The molecule has 122 valence electrons. The molecule has 0 aromatic heterocycles. The fourth-order valence-corrected chi connectivity index (χ4v) is 3.13. The second-order valence-corrected chi connectivity index (χ2v) is 6.65. The Morgan fingerprint density at radius 3 is 2.13 bits per heavy atom. The van der Waals surface area contributed by atoms with Gasteiger partial charge in [-0.2, -0.15) is 0 Å². The summed E-state index contributed by atoms with van der Waals surface area (Å²) in [5.41, 5.74) is 2.48. The third-order valence-electron chi connectivity index (χ3n) is 3.50. The van der Waals surface area contributed by atoms with Crippen LogP contribution in [-0.4, -0.2) is 21.5 Å². The van der Waals surface area contributed by atoms with Crippen LogP contribution in [0.4, 0.5) is 11.4 Å².